The highest BCUT2D eigenvalue weighted by Crippen LogP contribution is 1.98. The molecule has 0 aliphatic carbocycles. The van der Waals surface area contributed by atoms with Crippen LogP contribution in [-0.4, -0.2) is 12.6 Å². The van der Waals surface area contributed by atoms with Crippen molar-refractivity contribution in [1.29, 1.82) is 0 Å². The topological polar surface area (TPSA) is 41.1 Å². The Morgan fingerprint density at radius 2 is 2.56 bits per heavy atom. The molecule has 2 amide bonds. The quantitative estimate of drug-likeness (QED) is 0.530. The summed E-state index contributed by atoms with van der Waals surface area (Å²) in [5.74, 6) is 0. The van der Waals surface area contributed by atoms with Gasteiger partial charge >= 0.3 is 6.03 Å². The van der Waals surface area contributed by atoms with Crippen molar-refractivity contribution in [1.82, 2.24) is 10.6 Å². The molecule has 1 heterocycles. The minimum Gasteiger partial charge on any atom is -0.334 e. The molecular formula is C6H10N2O. The lowest BCUT2D eigenvalue weighted by Crippen LogP contribution is -2.38. The van der Waals surface area contributed by atoms with Crippen LogP contribution in [0.5, 0.6) is 0 Å². The molecule has 1 rings (SSSR count). The van der Waals surface area contributed by atoms with E-state index in [1.165, 1.54) is 5.57 Å². The number of hydrogen-bond acceptors (Lipinski definition) is 1. The van der Waals surface area contributed by atoms with Crippen molar-refractivity contribution < 1.29 is 4.79 Å². The Kier molecular flexibility index (Phi) is 1.72. The Labute approximate surface area is 54.1 Å². The summed E-state index contributed by atoms with van der Waals surface area (Å²) in [5, 5.41) is 5.24. The van der Waals surface area contributed by atoms with Gasteiger partial charge in [0, 0.05) is 12.7 Å². The van der Waals surface area contributed by atoms with Gasteiger partial charge in [-0.05, 0) is 12.0 Å². The molecule has 0 radical (unpaired) electrons. The maximum atomic E-state index is 10.5. The summed E-state index contributed by atoms with van der Waals surface area (Å²) in [6.45, 7) is 2.76. The first-order chi connectivity index (χ1) is 4.33. The van der Waals surface area contributed by atoms with Crippen LogP contribution in [0.15, 0.2) is 11.8 Å². The molecule has 9 heavy (non-hydrogen) atoms. The van der Waals surface area contributed by atoms with Crippen molar-refractivity contribution in [2.45, 2.75) is 13.3 Å². The summed E-state index contributed by atoms with van der Waals surface area (Å²) in [4.78, 5) is 10.5. The second-order valence-corrected chi connectivity index (χ2v) is 1.98. The fraction of sp³-hybridized carbons (Fsp3) is 0.500. The maximum absolute atomic E-state index is 10.5. The molecule has 50 valence electrons. The van der Waals surface area contributed by atoms with E-state index in [1.807, 2.05) is 0 Å². The molecule has 0 fully saturated rings. The normalized spacial score (nSPS) is 17.9. The Morgan fingerprint density at radius 3 is 3.00 bits per heavy atom. The highest BCUT2D eigenvalue weighted by atomic mass is 16.2. The number of hydrogen-bond donors (Lipinski definition) is 2. The van der Waals surface area contributed by atoms with Gasteiger partial charge in [0.05, 0.1) is 0 Å². The maximum Gasteiger partial charge on any atom is 0.319 e. The molecule has 0 aromatic carbocycles. The van der Waals surface area contributed by atoms with Crippen LogP contribution >= 0.6 is 0 Å². The number of nitrogens with one attached hydrogen (secondary N) is 2. The van der Waals surface area contributed by atoms with Crippen molar-refractivity contribution in [3.63, 3.8) is 0 Å². The Hall–Kier alpha value is -0.990. The van der Waals surface area contributed by atoms with Gasteiger partial charge in [-0.15, -0.1) is 0 Å². The lowest BCUT2D eigenvalue weighted by molar-refractivity contribution is 0.243. The van der Waals surface area contributed by atoms with Gasteiger partial charge in [0.15, 0.2) is 0 Å². The zero-order chi connectivity index (χ0) is 6.69. The monoisotopic (exact) mass is 126 g/mol. The van der Waals surface area contributed by atoms with Gasteiger partial charge < -0.3 is 10.6 Å². The molecule has 1 aliphatic heterocycles. The van der Waals surface area contributed by atoms with Crippen molar-refractivity contribution in [3.8, 4) is 0 Å². The number of amides is 2. The third-order valence-corrected chi connectivity index (χ3v) is 1.34. The first-order valence-electron chi connectivity index (χ1n) is 3.05. The van der Waals surface area contributed by atoms with E-state index in [1.54, 1.807) is 6.20 Å². The summed E-state index contributed by atoms with van der Waals surface area (Å²) in [5.41, 5.74) is 1.23. The fourth-order valence-electron chi connectivity index (χ4n) is 0.691. The van der Waals surface area contributed by atoms with Gasteiger partial charge in [0.25, 0.3) is 0 Å². The second kappa shape index (κ2) is 2.53. The van der Waals surface area contributed by atoms with Gasteiger partial charge in [0.2, 0.25) is 0 Å². The third kappa shape index (κ3) is 1.45. The van der Waals surface area contributed by atoms with E-state index < -0.39 is 0 Å². The molecule has 3 nitrogen and oxygen atoms in total. The molecule has 0 saturated carbocycles. The molecular weight excluding hydrogens is 116 g/mol. The Bertz CT molecular complexity index is 151. The van der Waals surface area contributed by atoms with Crippen molar-refractivity contribution in [2.75, 3.05) is 6.54 Å². The first-order valence-corrected chi connectivity index (χ1v) is 3.05. The fourth-order valence-corrected chi connectivity index (χ4v) is 0.691. The molecule has 0 saturated heterocycles. The van der Waals surface area contributed by atoms with Gasteiger partial charge in [0.1, 0.15) is 0 Å². The molecule has 2 N–H and O–H groups in total. The lowest BCUT2D eigenvalue weighted by Gasteiger charge is -2.12. The Morgan fingerprint density at radius 1 is 1.78 bits per heavy atom. The van der Waals surface area contributed by atoms with Crippen LogP contribution in [0, 0.1) is 0 Å². The van der Waals surface area contributed by atoms with E-state index in [-0.39, 0.29) is 6.03 Å². The third-order valence-electron chi connectivity index (χ3n) is 1.34. The van der Waals surface area contributed by atoms with E-state index in [9.17, 15) is 4.79 Å². The van der Waals surface area contributed by atoms with Crippen molar-refractivity contribution >= 4 is 6.03 Å². The molecule has 0 atom stereocenters. The highest BCUT2D eigenvalue weighted by Gasteiger charge is 2.04. The second-order valence-electron chi connectivity index (χ2n) is 1.98. The van der Waals surface area contributed by atoms with Crippen LogP contribution in [-0.2, 0) is 0 Å². The summed E-state index contributed by atoms with van der Waals surface area (Å²) in [6, 6.07) is -0.104. The van der Waals surface area contributed by atoms with Gasteiger partial charge in [-0.2, -0.15) is 0 Å². The van der Waals surface area contributed by atoms with Crippen molar-refractivity contribution in [3.05, 3.63) is 11.8 Å². The van der Waals surface area contributed by atoms with Gasteiger partial charge in [-0.1, -0.05) is 6.92 Å². The van der Waals surface area contributed by atoms with Crippen LogP contribution in [0.4, 0.5) is 4.79 Å². The van der Waals surface area contributed by atoms with E-state index in [4.69, 9.17) is 0 Å². The Balaban J connectivity index is 2.50. The molecule has 3 heteroatoms. The predicted octanol–water partition coefficient (Wildman–Crippen LogP) is 0.593. The average Bonchev–Trinajstić information content (AvgIpc) is 1.90. The van der Waals surface area contributed by atoms with Crippen LogP contribution in [0.2, 0.25) is 0 Å². The zero-order valence-electron chi connectivity index (χ0n) is 5.40. The number of carbonyl (C=O) groups is 1. The van der Waals surface area contributed by atoms with Crippen LogP contribution in [0.25, 0.3) is 0 Å². The molecule has 1 aliphatic rings. The van der Waals surface area contributed by atoms with E-state index >= 15 is 0 Å². The number of rotatable bonds is 1. The van der Waals surface area contributed by atoms with Gasteiger partial charge in [-0.25, -0.2) is 4.79 Å². The molecule has 0 bridgehead atoms. The highest BCUT2D eigenvalue weighted by molar-refractivity contribution is 5.76. The minimum atomic E-state index is -0.104. The predicted molar refractivity (Wildman–Crippen MR) is 34.9 cm³/mol. The molecule has 0 aromatic heterocycles. The van der Waals surface area contributed by atoms with Crippen molar-refractivity contribution in [2.24, 2.45) is 0 Å². The zero-order valence-corrected chi connectivity index (χ0v) is 5.40. The summed E-state index contributed by atoms with van der Waals surface area (Å²) >= 11 is 0. The minimum absolute atomic E-state index is 0.104. The van der Waals surface area contributed by atoms with Gasteiger partial charge in [-0.3, -0.25) is 0 Å². The van der Waals surface area contributed by atoms with Crippen LogP contribution in [0.1, 0.15) is 13.3 Å². The van der Waals surface area contributed by atoms with E-state index in [0.29, 0.717) is 6.54 Å². The average molecular weight is 126 g/mol. The first kappa shape index (κ1) is 6.13. The van der Waals surface area contributed by atoms with E-state index in [2.05, 4.69) is 17.6 Å². The summed E-state index contributed by atoms with van der Waals surface area (Å²) in [7, 11) is 0. The number of carbonyl (C=O) groups excluding carboxylic acids is 1. The van der Waals surface area contributed by atoms with E-state index in [0.717, 1.165) is 6.42 Å². The largest absolute Gasteiger partial charge is 0.334 e. The molecule has 0 aromatic rings. The molecule has 0 unspecified atom stereocenters. The number of urea groups is 1. The summed E-state index contributed by atoms with van der Waals surface area (Å²) < 4.78 is 0. The smallest absolute Gasteiger partial charge is 0.319 e. The SMILES string of the molecule is CCC1=CNC(=O)NC1. The standard InChI is InChI=1S/C6H10N2O/c1-2-5-3-7-6(9)8-4-5/h3H,2,4H2,1H3,(H2,7,8,9). The van der Waals surface area contributed by atoms with Crippen LogP contribution < -0.4 is 10.6 Å². The van der Waals surface area contributed by atoms with Crippen LogP contribution in [0.3, 0.4) is 0 Å². The summed E-state index contributed by atoms with van der Waals surface area (Å²) in [6.07, 6.45) is 2.76. The lowest BCUT2D eigenvalue weighted by atomic mass is 10.2. The molecule has 0 spiro atoms.